The third-order valence-electron chi connectivity index (χ3n) is 3.40. The molecular formula is C18H13Cl3N2O4S2. The molecule has 11 heteroatoms. The highest BCUT2D eigenvalue weighted by molar-refractivity contribution is 8.02. The molecule has 0 fully saturated rings. The number of ether oxygens (including phenoxy) is 2. The molecule has 6 nitrogen and oxygen atoms in total. The first kappa shape index (κ1) is 21.9. The van der Waals surface area contributed by atoms with Gasteiger partial charge in [-0.15, -0.1) is 11.3 Å². The van der Waals surface area contributed by atoms with Crippen molar-refractivity contribution in [2.45, 2.75) is 4.21 Å². The van der Waals surface area contributed by atoms with Crippen molar-refractivity contribution < 1.29 is 19.4 Å². The fourth-order valence-electron chi connectivity index (χ4n) is 2.07. The molecule has 152 valence electrons. The summed E-state index contributed by atoms with van der Waals surface area (Å²) in [4.78, 5) is 16.0. The second-order valence-electron chi connectivity index (χ2n) is 5.42. The van der Waals surface area contributed by atoms with E-state index in [1.54, 1.807) is 24.3 Å². The van der Waals surface area contributed by atoms with Crippen molar-refractivity contribution in [3.05, 3.63) is 62.7 Å². The smallest absolute Gasteiger partial charge is 0.342 e. The van der Waals surface area contributed by atoms with Crippen LogP contribution in [0.5, 0.6) is 11.5 Å². The average molecular weight is 492 g/mol. The predicted octanol–water partition coefficient (Wildman–Crippen LogP) is 6.16. The van der Waals surface area contributed by atoms with E-state index in [2.05, 4.69) is 9.71 Å². The molecule has 1 aromatic carbocycles. The van der Waals surface area contributed by atoms with Gasteiger partial charge in [0.15, 0.2) is 0 Å². The molecule has 0 amide bonds. The molecule has 3 rings (SSSR count). The topological polar surface area (TPSA) is 80.7 Å². The van der Waals surface area contributed by atoms with E-state index in [0.717, 1.165) is 4.21 Å². The van der Waals surface area contributed by atoms with E-state index >= 15 is 0 Å². The minimum atomic E-state index is -0.656. The maximum atomic E-state index is 12.1. The number of halogens is 3. The molecule has 3 aromatic rings. The normalized spacial score (nSPS) is 10.6. The van der Waals surface area contributed by atoms with Crippen molar-refractivity contribution in [2.75, 3.05) is 17.9 Å². The summed E-state index contributed by atoms with van der Waals surface area (Å²) >= 11 is 20.1. The monoisotopic (exact) mass is 490 g/mol. The Labute approximate surface area is 189 Å². The highest BCUT2D eigenvalue weighted by Crippen LogP contribution is 2.38. The molecule has 0 spiro atoms. The number of nitrogens with zero attached hydrogens (tertiary/aromatic N) is 1. The van der Waals surface area contributed by atoms with E-state index in [1.165, 1.54) is 41.6 Å². The molecule has 0 radical (unpaired) electrons. The maximum absolute atomic E-state index is 12.1. The van der Waals surface area contributed by atoms with Gasteiger partial charge in [-0.2, -0.15) is 0 Å². The van der Waals surface area contributed by atoms with Crippen LogP contribution in [0.1, 0.15) is 10.4 Å². The van der Waals surface area contributed by atoms with Crippen LogP contribution in [0, 0.1) is 0 Å². The van der Waals surface area contributed by atoms with E-state index in [0.29, 0.717) is 25.9 Å². The van der Waals surface area contributed by atoms with Crippen molar-refractivity contribution in [1.29, 1.82) is 0 Å². The summed E-state index contributed by atoms with van der Waals surface area (Å²) in [5.74, 6) is -0.350. The van der Waals surface area contributed by atoms with Crippen LogP contribution in [-0.4, -0.2) is 29.3 Å². The fourth-order valence-corrected chi connectivity index (χ4v) is 4.55. The van der Waals surface area contributed by atoms with Gasteiger partial charge in [0.2, 0.25) is 0 Å². The van der Waals surface area contributed by atoms with Gasteiger partial charge in [0.25, 0.3) is 0 Å². The van der Waals surface area contributed by atoms with Crippen molar-refractivity contribution in [2.24, 2.45) is 0 Å². The Morgan fingerprint density at radius 3 is 2.66 bits per heavy atom. The summed E-state index contributed by atoms with van der Waals surface area (Å²) in [7, 11) is 0. The maximum Gasteiger partial charge on any atom is 0.342 e. The van der Waals surface area contributed by atoms with Crippen LogP contribution in [0.3, 0.4) is 0 Å². The van der Waals surface area contributed by atoms with E-state index in [9.17, 15) is 9.90 Å². The van der Waals surface area contributed by atoms with E-state index < -0.39 is 5.97 Å². The quantitative estimate of drug-likeness (QED) is 0.169. The van der Waals surface area contributed by atoms with Gasteiger partial charge in [-0.25, -0.2) is 9.78 Å². The third-order valence-corrected chi connectivity index (χ3v) is 6.44. The van der Waals surface area contributed by atoms with Gasteiger partial charge in [-0.05, 0) is 42.3 Å². The number of rotatable bonds is 8. The number of carbonyl (C=O) groups is 1. The van der Waals surface area contributed by atoms with Gasteiger partial charge < -0.3 is 19.3 Å². The summed E-state index contributed by atoms with van der Waals surface area (Å²) in [5.41, 5.74) is 0.652. The first-order valence-electron chi connectivity index (χ1n) is 8.04. The lowest BCUT2D eigenvalue weighted by atomic mass is 10.2. The molecule has 2 N–H and O–H groups in total. The van der Waals surface area contributed by atoms with Gasteiger partial charge in [0.1, 0.15) is 39.8 Å². The van der Waals surface area contributed by atoms with Gasteiger partial charge in [-0.3, -0.25) is 0 Å². The van der Waals surface area contributed by atoms with Crippen LogP contribution < -0.4 is 9.46 Å². The number of pyridine rings is 1. The average Bonchev–Trinajstić information content (AvgIpc) is 3.02. The van der Waals surface area contributed by atoms with Gasteiger partial charge in [0, 0.05) is 11.8 Å². The Hall–Kier alpha value is -1.84. The molecule has 2 heterocycles. The number of nitrogens with one attached hydrogen (secondary N) is 1. The largest absolute Gasteiger partial charge is 0.507 e. The van der Waals surface area contributed by atoms with E-state index in [4.69, 9.17) is 44.3 Å². The minimum Gasteiger partial charge on any atom is -0.507 e. The standard InChI is InChI=1S/C18H13Cl3N2O4S2/c19-13-8-16(28-17(13)21)29-23-10-1-3-12(14(24)7-10)18(25)27-6-5-26-11-2-4-15(20)22-9-11/h1-4,7-9,23-24H,5-6H2. The molecule has 2 aromatic heterocycles. The molecule has 0 aliphatic heterocycles. The zero-order valence-electron chi connectivity index (χ0n) is 14.5. The molecule has 0 atom stereocenters. The summed E-state index contributed by atoms with van der Waals surface area (Å²) in [6.07, 6.45) is 1.47. The summed E-state index contributed by atoms with van der Waals surface area (Å²) in [5, 5.41) is 11.0. The number of phenols is 1. The number of anilines is 1. The van der Waals surface area contributed by atoms with Crippen molar-refractivity contribution in [3.8, 4) is 11.5 Å². The number of hydrogen-bond acceptors (Lipinski definition) is 8. The van der Waals surface area contributed by atoms with E-state index in [-0.39, 0.29) is 24.5 Å². The van der Waals surface area contributed by atoms with Crippen LogP contribution >= 0.6 is 58.1 Å². The Balaban J connectivity index is 1.48. The second kappa shape index (κ2) is 10.3. The van der Waals surface area contributed by atoms with Crippen LogP contribution in [0.25, 0.3) is 0 Å². The zero-order valence-corrected chi connectivity index (χ0v) is 18.4. The fraction of sp³-hybridized carbons (Fsp3) is 0.111. The molecule has 0 saturated heterocycles. The van der Waals surface area contributed by atoms with Gasteiger partial charge in [-0.1, -0.05) is 34.8 Å². The first-order valence-corrected chi connectivity index (χ1v) is 10.8. The number of aromatic nitrogens is 1. The SMILES string of the molecule is O=C(OCCOc1ccc(Cl)nc1)c1ccc(NSc2cc(Cl)c(Cl)s2)cc1O. The van der Waals surface area contributed by atoms with Gasteiger partial charge in [0.05, 0.1) is 15.4 Å². The Morgan fingerprint density at radius 1 is 1.17 bits per heavy atom. The van der Waals surface area contributed by atoms with E-state index in [1.807, 2.05) is 0 Å². The summed E-state index contributed by atoms with van der Waals surface area (Å²) in [6.45, 7) is 0.147. The number of thiophene rings is 1. The second-order valence-corrected chi connectivity index (χ2v) is 8.98. The highest BCUT2D eigenvalue weighted by atomic mass is 35.5. The molecule has 0 unspecified atom stereocenters. The molecule has 0 saturated carbocycles. The minimum absolute atomic E-state index is 0.0106. The highest BCUT2D eigenvalue weighted by Gasteiger charge is 2.14. The lowest BCUT2D eigenvalue weighted by molar-refractivity contribution is 0.0447. The molecule has 0 bridgehead atoms. The Bertz CT molecular complexity index is 980. The van der Waals surface area contributed by atoms with Crippen LogP contribution in [0.15, 0.2) is 46.8 Å². The number of carbonyl (C=O) groups excluding carboxylic acids is 1. The molecular weight excluding hydrogens is 479 g/mol. The molecule has 29 heavy (non-hydrogen) atoms. The summed E-state index contributed by atoms with van der Waals surface area (Å²) < 4.78 is 14.9. The van der Waals surface area contributed by atoms with Gasteiger partial charge >= 0.3 is 5.97 Å². The summed E-state index contributed by atoms with van der Waals surface area (Å²) in [6, 6.07) is 9.53. The Kier molecular flexibility index (Phi) is 7.74. The Morgan fingerprint density at radius 2 is 2.00 bits per heavy atom. The van der Waals surface area contributed by atoms with Crippen LogP contribution in [-0.2, 0) is 4.74 Å². The van der Waals surface area contributed by atoms with Crippen LogP contribution in [0.4, 0.5) is 5.69 Å². The molecule has 0 aliphatic rings. The van der Waals surface area contributed by atoms with Crippen LogP contribution in [0.2, 0.25) is 14.5 Å². The number of esters is 1. The number of benzene rings is 1. The van der Waals surface area contributed by atoms with Crippen molar-refractivity contribution >= 4 is 69.7 Å². The molecule has 0 aliphatic carbocycles. The number of hydrogen-bond donors (Lipinski definition) is 2. The predicted molar refractivity (Wildman–Crippen MR) is 117 cm³/mol. The zero-order chi connectivity index (χ0) is 20.8. The number of aromatic hydroxyl groups is 1. The first-order chi connectivity index (χ1) is 13.9. The number of phenolic OH excluding ortho intramolecular Hbond substituents is 1. The van der Waals surface area contributed by atoms with Crippen molar-refractivity contribution in [1.82, 2.24) is 4.98 Å². The third kappa shape index (κ3) is 6.32. The van der Waals surface area contributed by atoms with Crippen molar-refractivity contribution in [3.63, 3.8) is 0 Å². The lowest BCUT2D eigenvalue weighted by Gasteiger charge is -2.09. The lowest BCUT2D eigenvalue weighted by Crippen LogP contribution is -2.12.